The van der Waals surface area contributed by atoms with Gasteiger partial charge in [0.2, 0.25) is 0 Å². The first-order valence-electron chi connectivity index (χ1n) is 9.88. The molecule has 0 amide bonds. The van der Waals surface area contributed by atoms with Gasteiger partial charge in [0.05, 0.1) is 7.11 Å². The number of aliphatic imine (C=N–C) groups is 1. The maximum atomic E-state index is 5.66. The Bertz CT molecular complexity index is 804. The Balaban J connectivity index is 0.00000300. The number of ether oxygens (including phenoxy) is 2. The van der Waals surface area contributed by atoms with E-state index in [1.165, 1.54) is 11.1 Å². The summed E-state index contributed by atoms with van der Waals surface area (Å²) in [6.45, 7) is 5.32. The summed E-state index contributed by atoms with van der Waals surface area (Å²) in [5.74, 6) is 1.67. The molecule has 1 fully saturated rings. The van der Waals surface area contributed by atoms with Crippen molar-refractivity contribution in [3.63, 3.8) is 0 Å². The maximum absolute atomic E-state index is 5.66. The average Bonchev–Trinajstić information content (AvgIpc) is 2.75. The SMILES string of the molecule is CN=C(NCc1cccc(OC)c1)NCC1(c2ccccc2C)CCOCC1.I. The quantitative estimate of drug-likeness (QED) is 0.351. The lowest BCUT2D eigenvalue weighted by molar-refractivity contribution is 0.0512. The Hall–Kier alpha value is -1.80. The number of nitrogens with one attached hydrogen (secondary N) is 2. The van der Waals surface area contributed by atoms with Gasteiger partial charge >= 0.3 is 0 Å². The first kappa shape index (κ1) is 23.5. The van der Waals surface area contributed by atoms with Crippen molar-refractivity contribution < 1.29 is 9.47 Å². The maximum Gasteiger partial charge on any atom is 0.191 e. The fourth-order valence-electron chi connectivity index (χ4n) is 3.91. The number of rotatable bonds is 6. The van der Waals surface area contributed by atoms with E-state index in [1.54, 1.807) is 7.11 Å². The van der Waals surface area contributed by atoms with E-state index in [2.05, 4.69) is 52.9 Å². The smallest absolute Gasteiger partial charge is 0.191 e. The first-order chi connectivity index (χ1) is 13.7. The van der Waals surface area contributed by atoms with E-state index in [0.717, 1.165) is 49.9 Å². The van der Waals surface area contributed by atoms with Gasteiger partial charge < -0.3 is 20.1 Å². The van der Waals surface area contributed by atoms with E-state index in [9.17, 15) is 0 Å². The van der Waals surface area contributed by atoms with Crippen LogP contribution in [0.1, 0.15) is 29.5 Å². The monoisotopic (exact) mass is 509 g/mol. The topological polar surface area (TPSA) is 54.9 Å². The molecule has 29 heavy (non-hydrogen) atoms. The van der Waals surface area contributed by atoms with Crippen molar-refractivity contribution >= 4 is 29.9 Å². The van der Waals surface area contributed by atoms with Crippen LogP contribution < -0.4 is 15.4 Å². The predicted octanol–water partition coefficient (Wildman–Crippen LogP) is 4.04. The van der Waals surface area contributed by atoms with E-state index in [-0.39, 0.29) is 29.4 Å². The number of hydrogen-bond donors (Lipinski definition) is 2. The Labute approximate surface area is 191 Å². The summed E-state index contributed by atoms with van der Waals surface area (Å²) in [6, 6.07) is 16.8. The van der Waals surface area contributed by atoms with E-state index in [1.807, 2.05) is 25.2 Å². The summed E-state index contributed by atoms with van der Waals surface area (Å²) < 4.78 is 11.0. The molecule has 1 aliphatic rings. The fraction of sp³-hybridized carbons (Fsp3) is 0.435. The molecule has 2 aromatic rings. The molecule has 5 nitrogen and oxygen atoms in total. The highest BCUT2D eigenvalue weighted by molar-refractivity contribution is 14.0. The molecule has 0 saturated carbocycles. The molecule has 3 rings (SSSR count). The van der Waals surface area contributed by atoms with Gasteiger partial charge in [-0.25, -0.2) is 0 Å². The van der Waals surface area contributed by atoms with Gasteiger partial charge in [0.15, 0.2) is 5.96 Å². The van der Waals surface area contributed by atoms with Crippen LogP contribution in [0.5, 0.6) is 5.75 Å². The minimum atomic E-state index is 0. The van der Waals surface area contributed by atoms with Crippen LogP contribution in [0.2, 0.25) is 0 Å². The van der Waals surface area contributed by atoms with Gasteiger partial charge in [-0.1, -0.05) is 36.4 Å². The van der Waals surface area contributed by atoms with Crippen LogP contribution in [0.3, 0.4) is 0 Å². The van der Waals surface area contributed by atoms with E-state index in [4.69, 9.17) is 9.47 Å². The van der Waals surface area contributed by atoms with Crippen molar-refractivity contribution in [2.45, 2.75) is 31.7 Å². The summed E-state index contributed by atoms with van der Waals surface area (Å²) in [5, 5.41) is 6.97. The highest BCUT2D eigenvalue weighted by Crippen LogP contribution is 2.36. The Morgan fingerprint density at radius 2 is 1.86 bits per heavy atom. The van der Waals surface area contributed by atoms with Crippen molar-refractivity contribution in [3.8, 4) is 5.75 Å². The van der Waals surface area contributed by atoms with Crippen LogP contribution in [0.4, 0.5) is 0 Å². The standard InChI is InChI=1S/C23H31N3O2.HI/c1-18-7-4-5-10-21(18)23(11-13-28-14-12-23)17-26-22(24-2)25-16-19-8-6-9-20(15-19)27-3;/h4-10,15H,11-14,16-17H2,1-3H3,(H2,24,25,26);1H. The van der Waals surface area contributed by atoms with Crippen molar-refractivity contribution in [2.75, 3.05) is 33.9 Å². The van der Waals surface area contributed by atoms with Crippen LogP contribution in [0.25, 0.3) is 0 Å². The molecule has 0 unspecified atom stereocenters. The Morgan fingerprint density at radius 3 is 2.55 bits per heavy atom. The normalized spacial score (nSPS) is 15.9. The zero-order chi connectivity index (χ0) is 19.8. The largest absolute Gasteiger partial charge is 0.497 e. The molecule has 1 heterocycles. The zero-order valence-corrected chi connectivity index (χ0v) is 19.9. The van der Waals surface area contributed by atoms with Gasteiger partial charge in [-0.2, -0.15) is 0 Å². The number of nitrogens with zero attached hydrogens (tertiary/aromatic N) is 1. The summed E-state index contributed by atoms with van der Waals surface area (Å²) in [6.07, 6.45) is 2.02. The molecule has 0 aliphatic carbocycles. The second-order valence-corrected chi connectivity index (χ2v) is 7.34. The fourth-order valence-corrected chi connectivity index (χ4v) is 3.91. The van der Waals surface area contributed by atoms with Gasteiger partial charge in [0, 0.05) is 38.8 Å². The molecule has 0 aromatic heterocycles. The summed E-state index contributed by atoms with van der Waals surface area (Å²) in [7, 11) is 3.50. The van der Waals surface area contributed by atoms with E-state index >= 15 is 0 Å². The van der Waals surface area contributed by atoms with Gasteiger partial charge in [0.1, 0.15) is 5.75 Å². The molecular weight excluding hydrogens is 477 g/mol. The summed E-state index contributed by atoms with van der Waals surface area (Å²) in [4.78, 5) is 4.41. The van der Waals surface area contributed by atoms with E-state index < -0.39 is 0 Å². The van der Waals surface area contributed by atoms with Crippen LogP contribution in [0, 0.1) is 6.92 Å². The number of guanidine groups is 1. The third-order valence-corrected chi connectivity index (χ3v) is 5.58. The lowest BCUT2D eigenvalue weighted by Crippen LogP contribution is -2.48. The molecule has 0 radical (unpaired) electrons. The van der Waals surface area contributed by atoms with Crippen LogP contribution in [-0.4, -0.2) is 39.9 Å². The number of hydrogen-bond acceptors (Lipinski definition) is 3. The van der Waals surface area contributed by atoms with Crippen molar-refractivity contribution in [2.24, 2.45) is 4.99 Å². The molecule has 1 aliphatic heterocycles. The Morgan fingerprint density at radius 1 is 1.10 bits per heavy atom. The third kappa shape index (κ3) is 6.09. The van der Waals surface area contributed by atoms with Gasteiger partial charge in [-0.15, -0.1) is 24.0 Å². The molecule has 0 atom stereocenters. The first-order valence-corrected chi connectivity index (χ1v) is 9.88. The summed E-state index contributed by atoms with van der Waals surface area (Å²) >= 11 is 0. The van der Waals surface area contributed by atoms with Gasteiger partial charge in [-0.05, 0) is 48.6 Å². The second-order valence-electron chi connectivity index (χ2n) is 7.34. The number of aryl methyl sites for hydroxylation is 1. The highest BCUT2D eigenvalue weighted by Gasteiger charge is 2.35. The molecule has 2 aromatic carbocycles. The third-order valence-electron chi connectivity index (χ3n) is 5.58. The molecule has 0 spiro atoms. The molecule has 6 heteroatoms. The van der Waals surface area contributed by atoms with Gasteiger partial charge in [0.25, 0.3) is 0 Å². The zero-order valence-electron chi connectivity index (χ0n) is 17.5. The van der Waals surface area contributed by atoms with Gasteiger partial charge in [-0.3, -0.25) is 4.99 Å². The number of benzene rings is 2. The second kappa shape index (κ2) is 11.4. The lowest BCUT2D eigenvalue weighted by atomic mass is 9.72. The molecule has 158 valence electrons. The lowest BCUT2D eigenvalue weighted by Gasteiger charge is -2.39. The Kier molecular flexibility index (Phi) is 9.23. The molecule has 1 saturated heterocycles. The highest BCUT2D eigenvalue weighted by atomic mass is 127. The van der Waals surface area contributed by atoms with Crippen LogP contribution in [-0.2, 0) is 16.7 Å². The molecular formula is C23H32IN3O2. The van der Waals surface area contributed by atoms with Crippen LogP contribution >= 0.6 is 24.0 Å². The average molecular weight is 509 g/mol. The van der Waals surface area contributed by atoms with Crippen molar-refractivity contribution in [1.29, 1.82) is 0 Å². The van der Waals surface area contributed by atoms with E-state index in [0.29, 0.717) is 6.54 Å². The minimum absolute atomic E-state index is 0. The minimum Gasteiger partial charge on any atom is -0.497 e. The van der Waals surface area contributed by atoms with Crippen LogP contribution in [0.15, 0.2) is 53.5 Å². The predicted molar refractivity (Wildman–Crippen MR) is 130 cm³/mol. The molecule has 0 bridgehead atoms. The molecule has 2 N–H and O–H groups in total. The van der Waals surface area contributed by atoms with Crippen molar-refractivity contribution in [3.05, 3.63) is 65.2 Å². The number of methoxy groups -OCH3 is 1. The van der Waals surface area contributed by atoms with Crippen molar-refractivity contribution in [1.82, 2.24) is 10.6 Å². The summed E-state index contributed by atoms with van der Waals surface area (Å²) in [5.41, 5.74) is 3.97. The number of halogens is 1.